The van der Waals surface area contributed by atoms with Gasteiger partial charge in [0.05, 0.1) is 0 Å². The van der Waals surface area contributed by atoms with E-state index >= 15 is 0 Å². The van der Waals surface area contributed by atoms with Crippen LogP contribution in [0.1, 0.15) is 25.7 Å². The van der Waals surface area contributed by atoms with Gasteiger partial charge in [0.25, 0.3) is 0 Å². The standard InChI is InChI=1S/C15H20N2O2S/c1-4-10-15(11-8-6-5-7-9-11)12(18)16(2)14(20)17(3)13(15)19/h4,6,8,11H,1,5,7,9-10H2,2-3H3. The van der Waals surface area contributed by atoms with Crippen LogP contribution in [-0.4, -0.2) is 40.8 Å². The Morgan fingerprint density at radius 1 is 1.40 bits per heavy atom. The Kier molecular flexibility index (Phi) is 4.09. The molecule has 0 aromatic rings. The highest BCUT2D eigenvalue weighted by molar-refractivity contribution is 7.80. The Morgan fingerprint density at radius 3 is 2.45 bits per heavy atom. The molecule has 0 spiro atoms. The molecule has 2 rings (SSSR count). The van der Waals surface area contributed by atoms with Gasteiger partial charge in [-0.05, 0) is 37.9 Å². The van der Waals surface area contributed by atoms with Gasteiger partial charge in [0.1, 0.15) is 5.41 Å². The second-order valence-electron chi connectivity index (χ2n) is 5.44. The van der Waals surface area contributed by atoms with Crippen molar-refractivity contribution in [2.75, 3.05) is 14.1 Å². The number of allylic oxidation sites excluding steroid dienone is 3. The summed E-state index contributed by atoms with van der Waals surface area (Å²) in [5.74, 6) is -0.494. The van der Waals surface area contributed by atoms with Crippen molar-refractivity contribution in [3.63, 3.8) is 0 Å². The summed E-state index contributed by atoms with van der Waals surface area (Å²) >= 11 is 5.16. The fourth-order valence-corrected chi connectivity index (χ4v) is 3.35. The van der Waals surface area contributed by atoms with Gasteiger partial charge in [-0.15, -0.1) is 6.58 Å². The molecule has 2 aliphatic rings. The monoisotopic (exact) mass is 292 g/mol. The molecule has 1 atom stereocenters. The Balaban J connectivity index is 2.53. The maximum Gasteiger partial charge on any atom is 0.245 e. The van der Waals surface area contributed by atoms with E-state index in [4.69, 9.17) is 12.2 Å². The highest BCUT2D eigenvalue weighted by atomic mass is 32.1. The van der Waals surface area contributed by atoms with Crippen LogP contribution in [0.3, 0.4) is 0 Å². The summed E-state index contributed by atoms with van der Waals surface area (Å²) in [5.41, 5.74) is -1.08. The number of hydrogen-bond acceptors (Lipinski definition) is 3. The Hall–Kier alpha value is -1.49. The molecule has 0 aromatic heterocycles. The van der Waals surface area contributed by atoms with Crippen LogP contribution in [0.25, 0.3) is 0 Å². The molecule has 1 unspecified atom stereocenters. The van der Waals surface area contributed by atoms with Crippen molar-refractivity contribution < 1.29 is 9.59 Å². The molecule has 4 nitrogen and oxygen atoms in total. The van der Waals surface area contributed by atoms with E-state index in [0.29, 0.717) is 6.42 Å². The smallest absolute Gasteiger partial charge is 0.245 e. The van der Waals surface area contributed by atoms with E-state index in [-0.39, 0.29) is 22.8 Å². The Bertz CT molecular complexity index is 474. The third-order valence-corrected chi connectivity index (χ3v) is 4.85. The van der Waals surface area contributed by atoms with E-state index < -0.39 is 5.41 Å². The zero-order valence-corrected chi connectivity index (χ0v) is 12.8. The molecule has 1 aliphatic carbocycles. The predicted octanol–water partition coefficient (Wildman–Crippen LogP) is 2.12. The van der Waals surface area contributed by atoms with Crippen molar-refractivity contribution in [1.82, 2.24) is 9.80 Å². The zero-order chi connectivity index (χ0) is 14.9. The van der Waals surface area contributed by atoms with E-state index in [1.54, 1.807) is 20.2 Å². The summed E-state index contributed by atoms with van der Waals surface area (Å²) in [6.07, 6.45) is 8.93. The first-order valence-electron chi connectivity index (χ1n) is 6.84. The number of nitrogens with zero attached hydrogens (tertiary/aromatic N) is 2. The van der Waals surface area contributed by atoms with Crippen molar-refractivity contribution in [3.8, 4) is 0 Å². The quantitative estimate of drug-likeness (QED) is 0.454. The molecule has 5 heteroatoms. The first-order chi connectivity index (χ1) is 9.46. The molecule has 0 aromatic carbocycles. The van der Waals surface area contributed by atoms with Gasteiger partial charge in [0.2, 0.25) is 11.8 Å². The molecule has 2 amide bonds. The minimum atomic E-state index is -1.08. The Morgan fingerprint density at radius 2 is 2.00 bits per heavy atom. The highest BCUT2D eigenvalue weighted by Crippen LogP contribution is 2.43. The molecule has 1 aliphatic heterocycles. The molecule has 108 valence electrons. The molecule has 20 heavy (non-hydrogen) atoms. The second-order valence-corrected chi connectivity index (χ2v) is 5.81. The first-order valence-corrected chi connectivity index (χ1v) is 7.25. The SMILES string of the molecule is C=CCC1(C2C=CCCC2)C(=O)N(C)C(=S)N(C)C1=O. The summed E-state index contributed by atoms with van der Waals surface area (Å²) in [7, 11) is 3.27. The van der Waals surface area contributed by atoms with E-state index in [1.165, 1.54) is 9.80 Å². The molecule has 1 heterocycles. The van der Waals surface area contributed by atoms with Gasteiger partial charge in [0.15, 0.2) is 5.11 Å². The van der Waals surface area contributed by atoms with Crippen LogP contribution in [0.2, 0.25) is 0 Å². The molecular formula is C15H20N2O2S. The highest BCUT2D eigenvalue weighted by Gasteiger charge is 2.57. The van der Waals surface area contributed by atoms with Gasteiger partial charge in [0, 0.05) is 20.0 Å². The summed E-state index contributed by atoms with van der Waals surface area (Å²) in [5, 5.41) is 0.263. The van der Waals surface area contributed by atoms with Crippen LogP contribution in [0.4, 0.5) is 0 Å². The maximum atomic E-state index is 12.8. The molecular weight excluding hydrogens is 272 g/mol. The fraction of sp³-hybridized carbons (Fsp3) is 0.533. The van der Waals surface area contributed by atoms with Gasteiger partial charge in [-0.3, -0.25) is 19.4 Å². The molecule has 0 bridgehead atoms. The molecule has 0 saturated carbocycles. The fourth-order valence-electron chi connectivity index (χ4n) is 3.18. The van der Waals surface area contributed by atoms with Crippen LogP contribution in [0.15, 0.2) is 24.8 Å². The largest absolute Gasteiger partial charge is 0.291 e. The lowest BCUT2D eigenvalue weighted by Crippen LogP contribution is -2.65. The number of rotatable bonds is 3. The summed E-state index contributed by atoms with van der Waals surface area (Å²) < 4.78 is 0. The number of amides is 2. The van der Waals surface area contributed by atoms with Crippen molar-refractivity contribution in [1.29, 1.82) is 0 Å². The number of carbonyl (C=O) groups is 2. The van der Waals surface area contributed by atoms with Gasteiger partial charge in [-0.25, -0.2) is 0 Å². The van der Waals surface area contributed by atoms with E-state index in [2.05, 4.69) is 12.7 Å². The second kappa shape index (κ2) is 5.48. The first kappa shape index (κ1) is 14.9. The van der Waals surface area contributed by atoms with Crippen molar-refractivity contribution in [2.45, 2.75) is 25.7 Å². The van der Waals surface area contributed by atoms with Gasteiger partial charge >= 0.3 is 0 Å². The van der Waals surface area contributed by atoms with Gasteiger partial charge < -0.3 is 0 Å². The number of carbonyl (C=O) groups excluding carboxylic acids is 2. The van der Waals surface area contributed by atoms with Crippen LogP contribution >= 0.6 is 12.2 Å². The maximum absolute atomic E-state index is 12.8. The van der Waals surface area contributed by atoms with Gasteiger partial charge in [-0.1, -0.05) is 18.2 Å². The summed E-state index contributed by atoms with van der Waals surface area (Å²) in [4.78, 5) is 28.5. The summed E-state index contributed by atoms with van der Waals surface area (Å²) in [6, 6.07) is 0. The Labute approximate surface area is 125 Å². The molecule has 1 saturated heterocycles. The minimum absolute atomic E-state index is 0.0813. The lowest BCUT2D eigenvalue weighted by Gasteiger charge is -2.46. The van der Waals surface area contributed by atoms with Crippen LogP contribution in [0, 0.1) is 11.3 Å². The molecule has 1 fully saturated rings. The van der Waals surface area contributed by atoms with Crippen LogP contribution in [-0.2, 0) is 9.59 Å². The zero-order valence-electron chi connectivity index (χ0n) is 12.0. The van der Waals surface area contributed by atoms with E-state index in [1.807, 2.05) is 6.08 Å². The summed E-state index contributed by atoms with van der Waals surface area (Å²) in [6.45, 7) is 3.73. The van der Waals surface area contributed by atoms with Crippen LogP contribution < -0.4 is 0 Å². The third-order valence-electron chi connectivity index (χ3n) is 4.30. The lowest BCUT2D eigenvalue weighted by molar-refractivity contribution is -0.158. The normalized spacial score (nSPS) is 26.1. The van der Waals surface area contributed by atoms with E-state index in [0.717, 1.165) is 19.3 Å². The predicted molar refractivity (Wildman–Crippen MR) is 81.9 cm³/mol. The van der Waals surface area contributed by atoms with Crippen molar-refractivity contribution in [3.05, 3.63) is 24.8 Å². The average Bonchev–Trinajstić information content (AvgIpc) is 2.48. The third kappa shape index (κ3) is 2.00. The number of thiocarbonyl (C=S) groups is 1. The van der Waals surface area contributed by atoms with Gasteiger partial charge in [-0.2, -0.15) is 0 Å². The van der Waals surface area contributed by atoms with E-state index in [9.17, 15) is 9.59 Å². The molecule has 0 radical (unpaired) electrons. The van der Waals surface area contributed by atoms with Crippen molar-refractivity contribution in [2.24, 2.45) is 11.3 Å². The van der Waals surface area contributed by atoms with Crippen molar-refractivity contribution >= 4 is 29.1 Å². The number of hydrogen-bond donors (Lipinski definition) is 0. The average molecular weight is 292 g/mol. The topological polar surface area (TPSA) is 40.6 Å². The lowest BCUT2D eigenvalue weighted by atomic mass is 9.66. The molecule has 0 N–H and O–H groups in total. The van der Waals surface area contributed by atoms with Crippen LogP contribution in [0.5, 0.6) is 0 Å². The minimum Gasteiger partial charge on any atom is -0.291 e.